The van der Waals surface area contributed by atoms with Gasteiger partial charge in [-0.3, -0.25) is 14.4 Å². The van der Waals surface area contributed by atoms with Gasteiger partial charge in [0.15, 0.2) is 0 Å². The second-order valence-electron chi connectivity index (χ2n) is 10.8. The van der Waals surface area contributed by atoms with E-state index in [2.05, 4.69) is 9.88 Å². The highest BCUT2D eigenvalue weighted by molar-refractivity contribution is 5.87. The molecule has 2 atom stereocenters. The van der Waals surface area contributed by atoms with Crippen LogP contribution in [0, 0.1) is 11.8 Å². The van der Waals surface area contributed by atoms with Crippen molar-refractivity contribution < 1.29 is 19.1 Å². The van der Waals surface area contributed by atoms with Crippen molar-refractivity contribution in [1.29, 1.82) is 0 Å². The first-order valence-electron chi connectivity index (χ1n) is 13.7. The summed E-state index contributed by atoms with van der Waals surface area (Å²) < 4.78 is 6.25. The molecule has 1 aromatic heterocycles. The van der Waals surface area contributed by atoms with Crippen LogP contribution in [0.15, 0.2) is 24.4 Å². The Hall–Kier alpha value is -2.68. The quantitative estimate of drug-likeness (QED) is 0.517. The maximum Gasteiger partial charge on any atom is 0.242 e. The molecule has 4 aliphatic rings. The summed E-state index contributed by atoms with van der Waals surface area (Å²) in [5, 5.41) is 0. The fourth-order valence-corrected chi connectivity index (χ4v) is 5.60. The van der Waals surface area contributed by atoms with Gasteiger partial charge in [-0.15, -0.1) is 0 Å². The highest BCUT2D eigenvalue weighted by Gasteiger charge is 2.36. The number of aromatic nitrogens is 1. The number of hydrogen-bond donors (Lipinski definition) is 0. The minimum absolute atomic E-state index is 0.0222. The van der Waals surface area contributed by atoms with Gasteiger partial charge in [0.1, 0.15) is 5.82 Å². The normalized spacial score (nSPS) is 25.4. The number of anilines is 1. The Kier molecular flexibility index (Phi) is 8.04. The predicted octanol–water partition coefficient (Wildman–Crippen LogP) is 1.78. The zero-order valence-electron chi connectivity index (χ0n) is 21.2. The smallest absolute Gasteiger partial charge is 0.242 e. The van der Waals surface area contributed by atoms with Gasteiger partial charge in [0.2, 0.25) is 17.7 Å². The minimum atomic E-state index is -0.176. The molecule has 0 spiro atoms. The van der Waals surface area contributed by atoms with Gasteiger partial charge in [-0.25, -0.2) is 4.98 Å². The molecule has 0 N–H and O–H groups in total. The van der Waals surface area contributed by atoms with Crippen LogP contribution in [0.5, 0.6) is 0 Å². The molecule has 3 aliphatic heterocycles. The third kappa shape index (κ3) is 6.35. The van der Waals surface area contributed by atoms with E-state index < -0.39 is 0 Å². The van der Waals surface area contributed by atoms with E-state index >= 15 is 0 Å². The third-order valence-corrected chi connectivity index (χ3v) is 7.87. The lowest BCUT2D eigenvalue weighted by Gasteiger charge is -2.35. The fraction of sp³-hybridized carbons (Fsp3) is 0.704. The van der Waals surface area contributed by atoms with E-state index in [1.165, 1.54) is 12.8 Å². The number of carbonyl (C=O) groups is 3. The monoisotopic (exact) mass is 497 g/mol. The number of ether oxygens (including phenoxy) is 1. The highest BCUT2D eigenvalue weighted by Crippen LogP contribution is 2.30. The van der Waals surface area contributed by atoms with Gasteiger partial charge in [0.25, 0.3) is 0 Å². The first kappa shape index (κ1) is 25.0. The molecule has 1 aromatic rings. The predicted molar refractivity (Wildman–Crippen MR) is 135 cm³/mol. The molecule has 4 fully saturated rings. The summed E-state index contributed by atoms with van der Waals surface area (Å²) in [6.45, 7) is 5.38. The molecular formula is C27H39N5O4. The van der Waals surface area contributed by atoms with Crippen LogP contribution < -0.4 is 4.90 Å². The molecule has 0 aromatic carbocycles. The third-order valence-electron chi connectivity index (χ3n) is 7.87. The van der Waals surface area contributed by atoms with Gasteiger partial charge in [-0.1, -0.05) is 6.07 Å². The summed E-state index contributed by atoms with van der Waals surface area (Å²) in [4.78, 5) is 51.0. The van der Waals surface area contributed by atoms with Crippen molar-refractivity contribution in [2.45, 2.75) is 51.0 Å². The van der Waals surface area contributed by atoms with Crippen molar-refractivity contribution in [2.75, 3.05) is 63.9 Å². The van der Waals surface area contributed by atoms with Crippen LogP contribution in [0.25, 0.3) is 0 Å². The average molecular weight is 498 g/mol. The molecule has 1 saturated carbocycles. The van der Waals surface area contributed by atoms with Gasteiger partial charge in [0.05, 0.1) is 18.6 Å². The Morgan fingerprint density at radius 1 is 0.972 bits per heavy atom. The van der Waals surface area contributed by atoms with Crippen LogP contribution in [0.4, 0.5) is 5.82 Å². The Labute approximate surface area is 213 Å². The Morgan fingerprint density at radius 3 is 2.58 bits per heavy atom. The van der Waals surface area contributed by atoms with E-state index in [0.29, 0.717) is 51.7 Å². The first-order valence-corrected chi connectivity index (χ1v) is 13.7. The molecule has 0 radical (unpaired) electrons. The second kappa shape index (κ2) is 11.6. The maximum atomic E-state index is 13.7. The number of nitrogens with zero attached hydrogens (tertiary/aromatic N) is 5. The molecule has 4 heterocycles. The second-order valence-corrected chi connectivity index (χ2v) is 10.8. The summed E-state index contributed by atoms with van der Waals surface area (Å²) in [5.41, 5.74) is 0. The van der Waals surface area contributed by atoms with E-state index in [9.17, 15) is 14.4 Å². The van der Waals surface area contributed by atoms with E-state index in [4.69, 9.17) is 4.74 Å². The average Bonchev–Trinajstić information content (AvgIpc) is 3.67. The number of likely N-dealkylation sites (tertiary alicyclic amines) is 1. The number of carbonyl (C=O) groups excluding carboxylic acids is 3. The molecule has 9 nitrogen and oxygen atoms in total. The van der Waals surface area contributed by atoms with Gasteiger partial charge in [0, 0.05) is 65.0 Å². The Morgan fingerprint density at radius 2 is 1.83 bits per heavy atom. The lowest BCUT2D eigenvalue weighted by atomic mass is 9.96. The van der Waals surface area contributed by atoms with Gasteiger partial charge < -0.3 is 24.3 Å². The van der Waals surface area contributed by atoms with Crippen molar-refractivity contribution >= 4 is 23.5 Å². The minimum Gasteiger partial charge on any atom is -0.374 e. The largest absolute Gasteiger partial charge is 0.374 e. The van der Waals surface area contributed by atoms with Crippen molar-refractivity contribution in [3.05, 3.63) is 24.4 Å². The summed E-state index contributed by atoms with van der Waals surface area (Å²) in [6.07, 6.45) is 8.08. The SMILES string of the molecule is O=C1CCCN1CCCN1C[C@H](OCC2CC2)CN(C(=O)[C@H]2CCCN(c3ccccn3)C2)CC1=O. The number of rotatable bonds is 9. The zero-order valence-corrected chi connectivity index (χ0v) is 21.2. The van der Waals surface area contributed by atoms with Crippen molar-refractivity contribution in [1.82, 2.24) is 19.7 Å². The van der Waals surface area contributed by atoms with E-state index in [1.54, 1.807) is 11.1 Å². The van der Waals surface area contributed by atoms with Gasteiger partial charge >= 0.3 is 0 Å². The Balaban J connectivity index is 1.21. The lowest BCUT2D eigenvalue weighted by molar-refractivity contribution is -0.141. The summed E-state index contributed by atoms with van der Waals surface area (Å²) in [7, 11) is 0. The first-order chi connectivity index (χ1) is 17.6. The number of hydrogen-bond acceptors (Lipinski definition) is 6. The van der Waals surface area contributed by atoms with Crippen LogP contribution in [-0.2, 0) is 19.1 Å². The topological polar surface area (TPSA) is 86.3 Å². The van der Waals surface area contributed by atoms with E-state index in [0.717, 1.165) is 44.6 Å². The number of piperidine rings is 1. The molecule has 5 rings (SSSR count). The van der Waals surface area contributed by atoms with Crippen molar-refractivity contribution in [3.8, 4) is 0 Å². The van der Waals surface area contributed by atoms with Crippen LogP contribution in [0.2, 0.25) is 0 Å². The van der Waals surface area contributed by atoms with Crippen LogP contribution in [0.3, 0.4) is 0 Å². The number of amides is 3. The fourth-order valence-electron chi connectivity index (χ4n) is 5.60. The van der Waals surface area contributed by atoms with Crippen molar-refractivity contribution in [3.63, 3.8) is 0 Å². The van der Waals surface area contributed by atoms with Crippen LogP contribution in [-0.4, -0.2) is 102 Å². The molecule has 3 saturated heterocycles. The van der Waals surface area contributed by atoms with Crippen molar-refractivity contribution in [2.24, 2.45) is 11.8 Å². The van der Waals surface area contributed by atoms with E-state index in [-0.39, 0.29) is 36.3 Å². The maximum absolute atomic E-state index is 13.7. The standard InChI is InChI=1S/C27H39N5O4/c33-25-8-4-12-29(25)14-5-15-31-17-23(36-20-21-9-10-21)18-32(19-26(31)34)27(35)22-6-3-13-30(16-22)24-7-1-2-11-28-24/h1-2,7,11,21-23H,3-6,8-10,12-20H2/t22-,23-/m0/s1. The Bertz CT molecular complexity index is 924. The van der Waals surface area contributed by atoms with E-state index in [1.807, 2.05) is 28.0 Å². The summed E-state index contributed by atoms with van der Waals surface area (Å²) in [6, 6.07) is 5.85. The number of pyridine rings is 1. The molecule has 3 amide bonds. The molecule has 0 bridgehead atoms. The molecule has 9 heteroatoms. The highest BCUT2D eigenvalue weighted by atomic mass is 16.5. The van der Waals surface area contributed by atoms with Crippen LogP contribution >= 0.6 is 0 Å². The molecule has 36 heavy (non-hydrogen) atoms. The van der Waals surface area contributed by atoms with Gasteiger partial charge in [-0.05, 0) is 56.6 Å². The lowest BCUT2D eigenvalue weighted by Crippen LogP contribution is -2.48. The molecule has 196 valence electrons. The molecule has 1 aliphatic carbocycles. The molecular weight excluding hydrogens is 458 g/mol. The summed E-state index contributed by atoms with van der Waals surface area (Å²) >= 11 is 0. The summed E-state index contributed by atoms with van der Waals surface area (Å²) in [5.74, 6) is 1.61. The van der Waals surface area contributed by atoms with Crippen LogP contribution in [0.1, 0.15) is 44.9 Å². The van der Waals surface area contributed by atoms with Gasteiger partial charge in [-0.2, -0.15) is 0 Å². The molecule has 0 unspecified atom stereocenters. The zero-order chi connectivity index (χ0) is 24.9.